The lowest BCUT2D eigenvalue weighted by Crippen LogP contribution is -2.64. The normalized spacial score (nSPS) is 31.0. The van der Waals surface area contributed by atoms with Gasteiger partial charge in [0, 0.05) is 18.4 Å². The van der Waals surface area contributed by atoms with Crippen molar-refractivity contribution in [1.82, 2.24) is 4.90 Å². The molecule has 1 amide bonds. The zero-order valence-electron chi connectivity index (χ0n) is 18.9. The van der Waals surface area contributed by atoms with E-state index >= 15 is 0 Å². The summed E-state index contributed by atoms with van der Waals surface area (Å²) in [7, 11) is -1.06. The van der Waals surface area contributed by atoms with Gasteiger partial charge in [0.1, 0.15) is 12.3 Å². The molecule has 2 fully saturated rings. The molecule has 0 N–H and O–H groups in total. The molecular formula is C21H35NO7Si. The molecule has 8 nitrogen and oxygen atoms in total. The monoisotopic (exact) mass is 441 g/mol. The van der Waals surface area contributed by atoms with Crippen molar-refractivity contribution >= 4 is 32.3 Å². The van der Waals surface area contributed by atoms with E-state index < -0.39 is 49.8 Å². The van der Waals surface area contributed by atoms with Gasteiger partial charge >= 0.3 is 5.97 Å². The van der Waals surface area contributed by atoms with Gasteiger partial charge in [-0.25, -0.2) is 4.79 Å². The molecule has 0 spiro atoms. The number of hydrogen-bond donors (Lipinski definition) is 0. The minimum Gasteiger partial charge on any atom is -0.467 e. The summed E-state index contributed by atoms with van der Waals surface area (Å²) in [6.45, 7) is 9.64. The zero-order chi connectivity index (χ0) is 22.7. The van der Waals surface area contributed by atoms with Gasteiger partial charge in [-0.3, -0.25) is 9.59 Å². The number of amides is 1. The van der Waals surface area contributed by atoms with Crippen LogP contribution in [0, 0.1) is 11.8 Å². The van der Waals surface area contributed by atoms with Gasteiger partial charge in [0.05, 0.1) is 13.2 Å². The van der Waals surface area contributed by atoms with Crippen molar-refractivity contribution in [2.24, 2.45) is 11.8 Å². The van der Waals surface area contributed by atoms with Crippen LogP contribution in [0.15, 0.2) is 0 Å². The number of carbonyl (C=O) groups excluding carboxylic acids is 4. The van der Waals surface area contributed by atoms with Gasteiger partial charge in [0.25, 0.3) is 11.7 Å². The number of aldehydes is 1. The second kappa shape index (κ2) is 9.70. The van der Waals surface area contributed by atoms with Gasteiger partial charge in [0.2, 0.25) is 5.79 Å². The van der Waals surface area contributed by atoms with Crippen molar-refractivity contribution in [3.8, 4) is 0 Å². The summed E-state index contributed by atoms with van der Waals surface area (Å²) in [4.78, 5) is 51.9. The Kier molecular flexibility index (Phi) is 7.98. The summed E-state index contributed by atoms with van der Waals surface area (Å²) in [5, 5.41) is 0. The van der Waals surface area contributed by atoms with Gasteiger partial charge in [0.15, 0.2) is 8.32 Å². The highest BCUT2D eigenvalue weighted by molar-refractivity contribution is 6.70. The Morgan fingerprint density at radius 2 is 1.83 bits per heavy atom. The fourth-order valence-electron chi connectivity index (χ4n) is 4.20. The van der Waals surface area contributed by atoms with Gasteiger partial charge in [-0.2, -0.15) is 0 Å². The molecule has 2 aliphatic heterocycles. The fraction of sp³-hybridized carbons (Fsp3) is 0.810. The first kappa shape index (κ1) is 24.7. The van der Waals surface area contributed by atoms with Gasteiger partial charge in [-0.1, -0.05) is 13.8 Å². The summed E-state index contributed by atoms with van der Waals surface area (Å²) < 4.78 is 17.3. The Morgan fingerprint density at radius 1 is 1.17 bits per heavy atom. The van der Waals surface area contributed by atoms with Crippen LogP contribution >= 0.6 is 0 Å². The van der Waals surface area contributed by atoms with Crippen LogP contribution in [0.3, 0.4) is 0 Å². The maximum absolute atomic E-state index is 13.7. The summed E-state index contributed by atoms with van der Waals surface area (Å²) in [5.41, 5.74) is 0. The summed E-state index contributed by atoms with van der Waals surface area (Å²) >= 11 is 0. The molecule has 0 radical (unpaired) electrons. The number of ketones is 1. The Balaban J connectivity index is 2.42. The highest BCUT2D eigenvalue weighted by Crippen LogP contribution is 2.40. The molecule has 0 bridgehead atoms. The molecule has 2 rings (SSSR count). The van der Waals surface area contributed by atoms with Gasteiger partial charge in [-0.05, 0) is 51.7 Å². The minimum absolute atomic E-state index is 0.302. The van der Waals surface area contributed by atoms with E-state index in [0.717, 1.165) is 12.7 Å². The molecule has 5 atom stereocenters. The van der Waals surface area contributed by atoms with Gasteiger partial charge < -0.3 is 23.6 Å². The quantitative estimate of drug-likeness (QED) is 0.259. The van der Waals surface area contributed by atoms with Crippen LogP contribution in [-0.4, -0.2) is 68.8 Å². The minimum atomic E-state index is -2.33. The van der Waals surface area contributed by atoms with E-state index in [9.17, 15) is 19.2 Å². The third-order valence-electron chi connectivity index (χ3n) is 5.87. The van der Waals surface area contributed by atoms with Crippen LogP contribution < -0.4 is 0 Å². The van der Waals surface area contributed by atoms with Crippen molar-refractivity contribution in [3.05, 3.63) is 0 Å². The lowest BCUT2D eigenvalue weighted by molar-refractivity contribution is -0.258. The average molecular weight is 442 g/mol. The molecule has 30 heavy (non-hydrogen) atoms. The van der Waals surface area contributed by atoms with E-state index in [1.54, 1.807) is 6.92 Å². The molecule has 2 heterocycles. The SMILES string of the molecule is COC(=O)[C@@H]1CCCCN1C(=O)C(=O)[C@]1(O[Si](C)(C)C)O[C@H]([C@H](C)C=O)CC[C@H]1C. The number of piperidine rings is 1. The van der Waals surface area contributed by atoms with E-state index in [-0.39, 0.29) is 5.92 Å². The van der Waals surface area contributed by atoms with Crippen molar-refractivity contribution in [2.75, 3.05) is 13.7 Å². The maximum atomic E-state index is 13.7. The van der Waals surface area contributed by atoms with E-state index in [2.05, 4.69) is 0 Å². The molecular weight excluding hydrogens is 406 g/mol. The number of esters is 1. The third-order valence-corrected chi connectivity index (χ3v) is 6.78. The van der Waals surface area contributed by atoms with Crippen LogP contribution in [0.1, 0.15) is 46.0 Å². The van der Waals surface area contributed by atoms with E-state index in [4.69, 9.17) is 13.9 Å². The molecule has 0 saturated carbocycles. The first-order valence-corrected chi connectivity index (χ1v) is 14.1. The Labute approximate surface area is 179 Å². The van der Waals surface area contributed by atoms with Crippen LogP contribution in [0.5, 0.6) is 0 Å². The molecule has 0 aromatic carbocycles. The Bertz CT molecular complexity index is 677. The maximum Gasteiger partial charge on any atom is 0.328 e. The van der Waals surface area contributed by atoms with Crippen LogP contribution in [0.4, 0.5) is 0 Å². The van der Waals surface area contributed by atoms with Crippen molar-refractivity contribution in [2.45, 2.75) is 83.5 Å². The van der Waals surface area contributed by atoms with E-state index in [1.807, 2.05) is 26.6 Å². The summed E-state index contributed by atoms with van der Waals surface area (Å²) in [5.74, 6) is -4.65. The smallest absolute Gasteiger partial charge is 0.328 e. The summed E-state index contributed by atoms with van der Waals surface area (Å²) in [6.07, 6.45) is 3.42. The number of methoxy groups -OCH3 is 1. The van der Waals surface area contributed by atoms with Crippen molar-refractivity contribution in [1.29, 1.82) is 0 Å². The number of rotatable bonds is 7. The second-order valence-corrected chi connectivity index (χ2v) is 13.8. The third kappa shape index (κ3) is 5.18. The van der Waals surface area contributed by atoms with Crippen LogP contribution in [0.25, 0.3) is 0 Å². The van der Waals surface area contributed by atoms with Gasteiger partial charge in [-0.15, -0.1) is 0 Å². The predicted octanol–water partition coefficient (Wildman–Crippen LogP) is 2.31. The summed E-state index contributed by atoms with van der Waals surface area (Å²) in [6, 6.07) is -0.785. The average Bonchev–Trinajstić information content (AvgIpc) is 2.72. The first-order chi connectivity index (χ1) is 14.0. The molecule has 2 aliphatic rings. The largest absolute Gasteiger partial charge is 0.467 e. The lowest BCUT2D eigenvalue weighted by Gasteiger charge is -2.48. The Morgan fingerprint density at radius 3 is 2.40 bits per heavy atom. The number of likely N-dealkylation sites (tertiary alicyclic amines) is 1. The molecule has 0 unspecified atom stereocenters. The number of hydrogen-bond acceptors (Lipinski definition) is 7. The molecule has 9 heteroatoms. The second-order valence-electron chi connectivity index (χ2n) is 9.37. The highest BCUT2D eigenvalue weighted by Gasteiger charge is 2.56. The molecule has 0 aromatic rings. The molecule has 0 aliphatic carbocycles. The van der Waals surface area contributed by atoms with Crippen molar-refractivity contribution in [3.63, 3.8) is 0 Å². The number of nitrogens with zero attached hydrogens (tertiary/aromatic N) is 1. The number of Topliss-reactive ketones (excluding diaryl/α,β-unsaturated/α-hetero) is 1. The zero-order valence-corrected chi connectivity index (χ0v) is 19.9. The lowest BCUT2D eigenvalue weighted by atomic mass is 9.84. The first-order valence-electron chi connectivity index (χ1n) is 10.7. The standard InChI is InChI=1S/C21H35NO7Si/c1-14(13-23)17-11-10-15(2)21(28-17,29-30(4,5)6)18(24)19(25)22-12-8-7-9-16(22)20(26)27-3/h13-17H,7-12H2,1-6H3/t14-,15-,16+,17+,21+/m1/s1. The predicted molar refractivity (Wildman–Crippen MR) is 112 cm³/mol. The van der Waals surface area contributed by atoms with Crippen LogP contribution in [-0.2, 0) is 33.1 Å². The topological polar surface area (TPSA) is 99.2 Å². The van der Waals surface area contributed by atoms with E-state index in [0.29, 0.717) is 32.2 Å². The fourth-order valence-corrected chi connectivity index (χ4v) is 5.45. The van der Waals surface area contributed by atoms with E-state index in [1.165, 1.54) is 12.0 Å². The molecule has 2 saturated heterocycles. The molecule has 0 aromatic heterocycles. The highest BCUT2D eigenvalue weighted by atomic mass is 28.4. The van der Waals surface area contributed by atoms with Crippen molar-refractivity contribution < 1.29 is 33.1 Å². The number of ether oxygens (including phenoxy) is 2. The van der Waals surface area contributed by atoms with Crippen LogP contribution in [0.2, 0.25) is 19.6 Å². The molecule has 170 valence electrons. The Hall–Kier alpha value is -1.58. The number of carbonyl (C=O) groups is 4.